The average Bonchev–Trinajstić information content (AvgIpc) is 2.99. The van der Waals surface area contributed by atoms with Gasteiger partial charge in [0, 0.05) is 22.7 Å². The van der Waals surface area contributed by atoms with Crippen LogP contribution in [0.3, 0.4) is 0 Å². The molecule has 0 fully saturated rings. The molecule has 0 atom stereocenters. The van der Waals surface area contributed by atoms with Crippen LogP contribution in [-0.4, -0.2) is 4.75 Å². The van der Waals surface area contributed by atoms with Crippen molar-refractivity contribution in [1.82, 2.24) is 0 Å². The predicted molar refractivity (Wildman–Crippen MR) is 103 cm³/mol. The summed E-state index contributed by atoms with van der Waals surface area (Å²) in [4.78, 5) is 0. The second kappa shape index (κ2) is 6.88. The summed E-state index contributed by atoms with van der Waals surface area (Å²) >= 11 is 1.75. The molecule has 1 aliphatic carbocycles. The lowest BCUT2D eigenvalue weighted by Crippen LogP contribution is -2.10. The normalized spacial score (nSPS) is 13.7. The van der Waals surface area contributed by atoms with Gasteiger partial charge in [-0.05, 0) is 92.9 Å². The molecule has 0 aromatic heterocycles. The Hall–Kier alpha value is -1.61. The zero-order valence-corrected chi connectivity index (χ0v) is 15.1. The van der Waals surface area contributed by atoms with E-state index in [1.807, 2.05) is 0 Å². The number of aryl methyl sites for hydroxylation is 2. The van der Waals surface area contributed by atoms with E-state index in [0.29, 0.717) is 0 Å². The van der Waals surface area contributed by atoms with Gasteiger partial charge in [0.05, 0.1) is 0 Å². The number of anilines is 2. The quantitative estimate of drug-likeness (QED) is 0.695. The fourth-order valence-electron chi connectivity index (χ4n) is 2.79. The molecule has 122 valence electrons. The van der Waals surface area contributed by atoms with Crippen LogP contribution in [-0.2, 0) is 19.4 Å². The van der Waals surface area contributed by atoms with E-state index in [-0.39, 0.29) is 4.75 Å². The summed E-state index contributed by atoms with van der Waals surface area (Å²) in [6.07, 6.45) is 3.78. The molecule has 0 unspecified atom stereocenters. The highest BCUT2D eigenvalue weighted by Crippen LogP contribution is 2.26. The third-order valence-electron chi connectivity index (χ3n) is 4.02. The van der Waals surface area contributed by atoms with Crippen LogP contribution in [0.5, 0.6) is 0 Å². The first-order valence-corrected chi connectivity index (χ1v) is 9.20. The Morgan fingerprint density at radius 1 is 0.913 bits per heavy atom. The monoisotopic (exact) mass is 326 g/mol. The van der Waals surface area contributed by atoms with Crippen molar-refractivity contribution in [3.8, 4) is 0 Å². The van der Waals surface area contributed by atoms with Gasteiger partial charge in [-0.3, -0.25) is 0 Å². The number of fused-ring (bicyclic) bond motifs is 1. The van der Waals surface area contributed by atoms with E-state index >= 15 is 0 Å². The third-order valence-corrected chi connectivity index (χ3v) is 4.97. The molecule has 2 aromatic carbocycles. The van der Waals surface area contributed by atoms with Crippen LogP contribution < -0.4 is 10.0 Å². The molecule has 0 heterocycles. The standard InChI is InChI=1S/C20H26N2S/c1-20(2,3)23-22-18-10-7-15(8-11-18)14-21-19-12-9-16-5-4-6-17(16)13-19/h7-13,21-22H,4-6,14H2,1-3H3. The molecule has 0 amide bonds. The Morgan fingerprint density at radius 3 is 2.35 bits per heavy atom. The Labute approximate surface area is 144 Å². The molecule has 2 N–H and O–H groups in total. The Kier molecular flexibility index (Phi) is 4.86. The zero-order valence-electron chi connectivity index (χ0n) is 14.3. The van der Waals surface area contributed by atoms with Crippen molar-refractivity contribution in [2.24, 2.45) is 0 Å². The zero-order chi connectivity index (χ0) is 16.3. The van der Waals surface area contributed by atoms with Gasteiger partial charge in [0.15, 0.2) is 0 Å². The van der Waals surface area contributed by atoms with Gasteiger partial charge in [0.1, 0.15) is 0 Å². The second-order valence-corrected chi connectivity index (χ2v) is 8.84. The lowest BCUT2D eigenvalue weighted by atomic mass is 10.1. The van der Waals surface area contributed by atoms with Gasteiger partial charge in [-0.25, -0.2) is 0 Å². The van der Waals surface area contributed by atoms with Crippen LogP contribution in [0.15, 0.2) is 42.5 Å². The largest absolute Gasteiger partial charge is 0.381 e. The Balaban J connectivity index is 1.54. The van der Waals surface area contributed by atoms with Crippen LogP contribution in [0.2, 0.25) is 0 Å². The van der Waals surface area contributed by atoms with E-state index in [4.69, 9.17) is 0 Å². The number of nitrogens with one attached hydrogen (secondary N) is 2. The molecule has 2 nitrogen and oxygen atoms in total. The maximum absolute atomic E-state index is 3.54. The van der Waals surface area contributed by atoms with Crippen molar-refractivity contribution in [2.75, 3.05) is 10.0 Å². The second-order valence-electron chi connectivity index (χ2n) is 7.20. The minimum atomic E-state index is 0.216. The third kappa shape index (κ3) is 4.68. The van der Waals surface area contributed by atoms with Crippen LogP contribution >= 0.6 is 11.9 Å². The van der Waals surface area contributed by atoms with Gasteiger partial charge in [0.25, 0.3) is 0 Å². The first-order valence-electron chi connectivity index (χ1n) is 8.38. The molecule has 0 saturated heterocycles. The minimum Gasteiger partial charge on any atom is -0.381 e. The molecule has 0 spiro atoms. The molecule has 0 bridgehead atoms. The van der Waals surface area contributed by atoms with Crippen molar-refractivity contribution < 1.29 is 0 Å². The molecule has 3 rings (SSSR count). The van der Waals surface area contributed by atoms with E-state index < -0.39 is 0 Å². The molecule has 0 radical (unpaired) electrons. The van der Waals surface area contributed by atoms with Crippen molar-refractivity contribution in [1.29, 1.82) is 0 Å². The Morgan fingerprint density at radius 2 is 1.61 bits per heavy atom. The fraction of sp³-hybridized carbons (Fsp3) is 0.400. The highest BCUT2D eigenvalue weighted by atomic mass is 32.2. The first-order chi connectivity index (χ1) is 11.0. The SMILES string of the molecule is CC(C)(C)SNc1ccc(CNc2ccc3c(c2)CCC3)cc1. The van der Waals surface area contributed by atoms with Crippen LogP contribution in [0.4, 0.5) is 11.4 Å². The van der Waals surface area contributed by atoms with Crippen molar-refractivity contribution >= 4 is 23.3 Å². The number of hydrogen-bond acceptors (Lipinski definition) is 3. The molecule has 2 aromatic rings. The van der Waals surface area contributed by atoms with Gasteiger partial charge in [-0.1, -0.05) is 18.2 Å². The van der Waals surface area contributed by atoms with Gasteiger partial charge in [0.2, 0.25) is 0 Å². The number of rotatable bonds is 5. The smallest absolute Gasteiger partial charge is 0.0440 e. The summed E-state index contributed by atoms with van der Waals surface area (Å²) < 4.78 is 3.63. The summed E-state index contributed by atoms with van der Waals surface area (Å²) in [5, 5.41) is 3.54. The fourth-order valence-corrected chi connectivity index (χ4v) is 3.35. The van der Waals surface area contributed by atoms with E-state index in [9.17, 15) is 0 Å². The summed E-state index contributed by atoms with van der Waals surface area (Å²) in [5.41, 5.74) is 6.75. The average molecular weight is 327 g/mol. The lowest BCUT2D eigenvalue weighted by molar-refractivity contribution is 0.806. The molecule has 0 aliphatic heterocycles. The topological polar surface area (TPSA) is 24.1 Å². The van der Waals surface area contributed by atoms with Gasteiger partial charge in [-0.15, -0.1) is 0 Å². The molecule has 0 saturated carbocycles. The van der Waals surface area contributed by atoms with Crippen molar-refractivity contribution in [2.45, 2.75) is 51.3 Å². The Bertz CT molecular complexity index is 656. The van der Waals surface area contributed by atoms with Gasteiger partial charge < -0.3 is 10.0 Å². The van der Waals surface area contributed by atoms with Crippen molar-refractivity contribution in [3.63, 3.8) is 0 Å². The molecule has 23 heavy (non-hydrogen) atoms. The van der Waals surface area contributed by atoms with E-state index in [2.05, 4.69) is 73.3 Å². The lowest BCUT2D eigenvalue weighted by Gasteiger charge is -2.18. The van der Waals surface area contributed by atoms with Crippen molar-refractivity contribution in [3.05, 3.63) is 59.2 Å². The number of hydrogen-bond donors (Lipinski definition) is 2. The summed E-state index contributed by atoms with van der Waals surface area (Å²) in [5.74, 6) is 0. The maximum atomic E-state index is 3.54. The first kappa shape index (κ1) is 16.3. The summed E-state index contributed by atoms with van der Waals surface area (Å²) in [7, 11) is 0. The molecular weight excluding hydrogens is 300 g/mol. The number of benzene rings is 2. The van der Waals surface area contributed by atoms with Crippen LogP contribution in [0.1, 0.15) is 43.9 Å². The summed E-state index contributed by atoms with van der Waals surface area (Å²) in [6.45, 7) is 7.49. The van der Waals surface area contributed by atoms with Crippen LogP contribution in [0, 0.1) is 0 Å². The van der Waals surface area contributed by atoms with E-state index in [1.54, 1.807) is 11.9 Å². The minimum absolute atomic E-state index is 0.216. The molecule has 3 heteroatoms. The van der Waals surface area contributed by atoms with Gasteiger partial charge in [-0.2, -0.15) is 0 Å². The predicted octanol–water partition coefficient (Wildman–Crippen LogP) is 5.65. The summed E-state index contributed by atoms with van der Waals surface area (Å²) in [6, 6.07) is 15.5. The van der Waals surface area contributed by atoms with Gasteiger partial charge >= 0.3 is 0 Å². The van der Waals surface area contributed by atoms with E-state index in [0.717, 1.165) is 12.2 Å². The molecule has 1 aliphatic rings. The highest BCUT2D eigenvalue weighted by molar-refractivity contribution is 8.01. The highest BCUT2D eigenvalue weighted by Gasteiger charge is 2.11. The van der Waals surface area contributed by atoms with E-state index in [1.165, 1.54) is 41.6 Å². The maximum Gasteiger partial charge on any atom is 0.0440 e. The van der Waals surface area contributed by atoms with Crippen LogP contribution in [0.25, 0.3) is 0 Å². The molecular formula is C20H26N2S.